The van der Waals surface area contributed by atoms with Crippen molar-refractivity contribution in [3.63, 3.8) is 0 Å². The average molecular weight is 384 g/mol. The van der Waals surface area contributed by atoms with E-state index in [-0.39, 0.29) is 0 Å². The van der Waals surface area contributed by atoms with Crippen LogP contribution in [0.1, 0.15) is 31.3 Å². The van der Waals surface area contributed by atoms with Crippen molar-refractivity contribution in [2.45, 2.75) is 30.9 Å². The van der Waals surface area contributed by atoms with Crippen LogP contribution in [-0.2, 0) is 22.3 Å². The summed E-state index contributed by atoms with van der Waals surface area (Å²) in [5.74, 6) is 0.857. The summed E-state index contributed by atoms with van der Waals surface area (Å²) in [7, 11) is 1.97. The van der Waals surface area contributed by atoms with Crippen molar-refractivity contribution >= 4 is 11.8 Å². The Morgan fingerprint density at radius 2 is 1.81 bits per heavy atom. The molecule has 3 rings (SSSR count). The van der Waals surface area contributed by atoms with Gasteiger partial charge < -0.3 is 14.0 Å². The third kappa shape index (κ3) is 5.19. The van der Waals surface area contributed by atoms with Crippen molar-refractivity contribution in [2.24, 2.45) is 7.05 Å². The third-order valence-corrected chi connectivity index (χ3v) is 5.02. The predicted molar refractivity (Wildman–Crippen MR) is 108 cm³/mol. The Bertz CT molecular complexity index is 846. The summed E-state index contributed by atoms with van der Waals surface area (Å²) in [5, 5.41) is 0.942. The molecule has 0 fully saturated rings. The molecule has 0 N–H and O–H groups in total. The zero-order valence-electron chi connectivity index (χ0n) is 16.0. The normalized spacial score (nSPS) is 11.3. The number of hydrogen-bond acceptors (Lipinski definition) is 5. The maximum Gasteiger partial charge on any atom is 0.183 e. The molecule has 1 aromatic carbocycles. The molecule has 0 amide bonds. The fourth-order valence-electron chi connectivity index (χ4n) is 2.75. The minimum atomic E-state index is -0.397. The highest BCUT2D eigenvalue weighted by atomic mass is 32.2. The van der Waals surface area contributed by atoms with Gasteiger partial charge in [0.15, 0.2) is 6.29 Å². The first-order valence-electron chi connectivity index (χ1n) is 9.09. The van der Waals surface area contributed by atoms with Crippen molar-refractivity contribution in [1.29, 1.82) is 0 Å². The average Bonchev–Trinajstić information content (AvgIpc) is 3.13. The topological polar surface area (TPSA) is 49.2 Å². The lowest BCUT2D eigenvalue weighted by molar-refractivity contribution is -0.140. The fraction of sp³-hybridized carbons (Fsp3) is 0.333. The molecule has 0 saturated heterocycles. The number of aryl methyl sites for hydroxylation is 1. The molecule has 6 heteroatoms. The van der Waals surface area contributed by atoms with E-state index in [4.69, 9.17) is 14.5 Å². The number of hydrogen-bond donors (Lipinski definition) is 0. The van der Waals surface area contributed by atoms with Gasteiger partial charge in [0.25, 0.3) is 0 Å². The molecule has 0 bridgehead atoms. The third-order valence-electron chi connectivity index (χ3n) is 4.04. The summed E-state index contributed by atoms with van der Waals surface area (Å²) in [4.78, 5) is 9.07. The highest BCUT2D eigenvalue weighted by Crippen LogP contribution is 2.30. The van der Waals surface area contributed by atoms with Crippen molar-refractivity contribution in [3.05, 3.63) is 66.1 Å². The quantitative estimate of drug-likeness (QED) is 0.391. The second kappa shape index (κ2) is 9.69. The minimum Gasteiger partial charge on any atom is -0.349 e. The molecule has 0 aliphatic heterocycles. The lowest BCUT2D eigenvalue weighted by atomic mass is 10.2. The monoisotopic (exact) mass is 383 g/mol. The standard InChI is InChI=1S/C21H25N3O2S/c1-4-25-21(26-5-2)17-11-18(19-13-22-15-24(19)3)23-20(12-17)27-14-16-9-7-6-8-10-16/h6-13,15,21H,4-5,14H2,1-3H3. The van der Waals surface area contributed by atoms with E-state index in [0.717, 1.165) is 27.7 Å². The van der Waals surface area contributed by atoms with Gasteiger partial charge in [-0.25, -0.2) is 9.97 Å². The first-order chi connectivity index (χ1) is 13.2. The summed E-state index contributed by atoms with van der Waals surface area (Å²) < 4.78 is 13.6. The van der Waals surface area contributed by atoms with Gasteiger partial charge in [0.1, 0.15) is 0 Å². The first kappa shape index (κ1) is 19.6. The van der Waals surface area contributed by atoms with E-state index in [1.54, 1.807) is 18.1 Å². The molecule has 0 atom stereocenters. The van der Waals surface area contributed by atoms with Gasteiger partial charge in [-0.1, -0.05) is 30.3 Å². The predicted octanol–water partition coefficient (Wildman–Crippen LogP) is 4.85. The molecule has 0 aliphatic rings. The number of imidazole rings is 1. The number of pyridine rings is 1. The van der Waals surface area contributed by atoms with E-state index in [1.165, 1.54) is 5.56 Å². The van der Waals surface area contributed by atoms with Gasteiger partial charge >= 0.3 is 0 Å². The highest BCUT2D eigenvalue weighted by molar-refractivity contribution is 7.98. The molecule has 3 aromatic rings. The number of thioether (sulfide) groups is 1. The van der Waals surface area contributed by atoms with Crippen LogP contribution >= 0.6 is 11.8 Å². The second-order valence-corrected chi connectivity index (χ2v) is 7.03. The molecular formula is C21H25N3O2S. The minimum absolute atomic E-state index is 0.397. The molecule has 2 aromatic heterocycles. The van der Waals surface area contributed by atoms with E-state index in [0.29, 0.717) is 13.2 Å². The van der Waals surface area contributed by atoms with Gasteiger partial charge in [-0.15, -0.1) is 11.8 Å². The van der Waals surface area contributed by atoms with E-state index in [2.05, 4.69) is 35.3 Å². The Kier molecular flexibility index (Phi) is 7.04. The van der Waals surface area contributed by atoms with Crippen LogP contribution in [0, 0.1) is 0 Å². The highest BCUT2D eigenvalue weighted by Gasteiger charge is 2.16. The summed E-state index contributed by atoms with van der Waals surface area (Å²) in [6.07, 6.45) is 3.21. The number of nitrogens with zero attached hydrogens (tertiary/aromatic N) is 3. The smallest absolute Gasteiger partial charge is 0.183 e. The Morgan fingerprint density at radius 1 is 1.07 bits per heavy atom. The van der Waals surface area contributed by atoms with Crippen molar-refractivity contribution in [3.8, 4) is 11.4 Å². The molecule has 0 spiro atoms. The molecule has 27 heavy (non-hydrogen) atoms. The second-order valence-electron chi connectivity index (χ2n) is 6.03. The summed E-state index contributed by atoms with van der Waals surface area (Å²) >= 11 is 1.71. The van der Waals surface area contributed by atoms with Gasteiger partial charge in [-0.3, -0.25) is 0 Å². The van der Waals surface area contributed by atoms with Crippen molar-refractivity contribution < 1.29 is 9.47 Å². The fourth-order valence-corrected chi connectivity index (χ4v) is 3.63. The van der Waals surface area contributed by atoms with Crippen LogP contribution in [0.3, 0.4) is 0 Å². The van der Waals surface area contributed by atoms with Gasteiger partial charge in [-0.05, 0) is 31.5 Å². The van der Waals surface area contributed by atoms with Gasteiger partial charge in [0.05, 0.1) is 28.9 Å². The molecular weight excluding hydrogens is 358 g/mol. The molecule has 0 unspecified atom stereocenters. The van der Waals surface area contributed by atoms with E-state index in [1.807, 2.05) is 43.8 Å². The van der Waals surface area contributed by atoms with Gasteiger partial charge in [0, 0.05) is 31.6 Å². The molecule has 142 valence electrons. The Hall–Kier alpha value is -2.15. The lowest BCUT2D eigenvalue weighted by Gasteiger charge is -2.19. The van der Waals surface area contributed by atoms with Crippen molar-refractivity contribution in [2.75, 3.05) is 13.2 Å². The Labute approximate surface area is 164 Å². The maximum atomic E-state index is 5.81. The summed E-state index contributed by atoms with van der Waals surface area (Å²) in [6, 6.07) is 14.5. The number of ether oxygens (including phenoxy) is 2. The molecule has 0 radical (unpaired) electrons. The molecule has 0 aliphatic carbocycles. The van der Waals surface area contributed by atoms with Crippen LogP contribution in [0.4, 0.5) is 0 Å². The number of aromatic nitrogens is 3. The van der Waals surface area contributed by atoms with Crippen LogP contribution in [0.5, 0.6) is 0 Å². The molecule has 0 saturated carbocycles. The SMILES string of the molecule is CCOC(OCC)c1cc(SCc2ccccc2)nc(-c2cncn2C)c1. The summed E-state index contributed by atoms with van der Waals surface area (Å²) in [5.41, 5.74) is 4.07. The van der Waals surface area contributed by atoms with Crippen LogP contribution in [0.2, 0.25) is 0 Å². The van der Waals surface area contributed by atoms with Crippen molar-refractivity contribution in [1.82, 2.24) is 14.5 Å². The maximum absolute atomic E-state index is 5.81. The van der Waals surface area contributed by atoms with Gasteiger partial charge in [0.2, 0.25) is 0 Å². The Balaban J connectivity index is 1.93. The van der Waals surface area contributed by atoms with Gasteiger partial charge in [-0.2, -0.15) is 0 Å². The van der Waals surface area contributed by atoms with Crippen LogP contribution in [-0.4, -0.2) is 27.7 Å². The first-order valence-corrected chi connectivity index (χ1v) is 10.1. The van der Waals surface area contributed by atoms with E-state index < -0.39 is 6.29 Å². The van der Waals surface area contributed by atoms with Crippen LogP contribution < -0.4 is 0 Å². The zero-order valence-corrected chi connectivity index (χ0v) is 16.8. The largest absolute Gasteiger partial charge is 0.349 e. The number of rotatable bonds is 9. The van der Waals surface area contributed by atoms with Crippen LogP contribution in [0.15, 0.2) is 60.0 Å². The van der Waals surface area contributed by atoms with E-state index in [9.17, 15) is 0 Å². The Morgan fingerprint density at radius 3 is 2.44 bits per heavy atom. The molecule has 5 nitrogen and oxygen atoms in total. The van der Waals surface area contributed by atoms with E-state index >= 15 is 0 Å². The molecule has 2 heterocycles. The number of benzene rings is 1. The zero-order chi connectivity index (χ0) is 19.1. The summed E-state index contributed by atoms with van der Waals surface area (Å²) in [6.45, 7) is 5.11. The van der Waals surface area contributed by atoms with Crippen LogP contribution in [0.25, 0.3) is 11.4 Å². The lowest BCUT2D eigenvalue weighted by Crippen LogP contribution is -2.10.